The maximum absolute atomic E-state index is 13.7. The van der Waals surface area contributed by atoms with Crippen molar-refractivity contribution >= 4 is 50.6 Å². The summed E-state index contributed by atoms with van der Waals surface area (Å²) in [4.78, 5) is 31.0. The van der Waals surface area contributed by atoms with Crippen LogP contribution in [0.4, 0.5) is 27.5 Å². The number of halogens is 1. The SMILES string of the molecule is COc1ccccc1N1CCN(c2ccc(NC(=O)Nc3ccc(Br)cc3)cc2C(=O)NC(C)c2ccccc2)CC1. The number of carbonyl (C=O) groups is 2. The number of piperazine rings is 1. The van der Waals surface area contributed by atoms with E-state index in [9.17, 15) is 9.59 Å². The molecule has 42 heavy (non-hydrogen) atoms. The maximum Gasteiger partial charge on any atom is 0.323 e. The number of methoxy groups -OCH3 is 1. The number of anilines is 4. The molecule has 0 radical (unpaired) electrons. The van der Waals surface area contributed by atoms with Crippen LogP contribution in [0.25, 0.3) is 0 Å². The standard InChI is InChI=1S/C33H34BrN5O3/c1-23(24-8-4-3-5-9-24)35-32(40)28-22-27(37-33(41)36-26-14-12-25(34)13-15-26)16-17-29(28)38-18-20-39(21-19-38)30-10-6-7-11-31(30)42-2/h3-17,22-23H,18-21H2,1-2H3,(H,35,40)(H2,36,37,41). The molecule has 3 N–H and O–H groups in total. The molecule has 0 saturated carbocycles. The Morgan fingerprint density at radius 2 is 1.36 bits per heavy atom. The van der Waals surface area contributed by atoms with Crippen LogP contribution in [0.1, 0.15) is 28.9 Å². The monoisotopic (exact) mass is 627 g/mol. The van der Waals surface area contributed by atoms with Crippen molar-refractivity contribution in [2.75, 3.05) is 53.7 Å². The van der Waals surface area contributed by atoms with Gasteiger partial charge in [0.05, 0.1) is 24.4 Å². The van der Waals surface area contributed by atoms with Gasteiger partial charge in [0.15, 0.2) is 0 Å². The molecule has 216 valence electrons. The van der Waals surface area contributed by atoms with Gasteiger partial charge in [-0.1, -0.05) is 58.4 Å². The molecule has 1 saturated heterocycles. The van der Waals surface area contributed by atoms with E-state index >= 15 is 0 Å². The molecule has 3 amide bonds. The third-order valence-electron chi connectivity index (χ3n) is 7.29. The van der Waals surface area contributed by atoms with Crippen molar-refractivity contribution < 1.29 is 14.3 Å². The van der Waals surface area contributed by atoms with Gasteiger partial charge < -0.3 is 30.5 Å². The minimum Gasteiger partial charge on any atom is -0.495 e. The van der Waals surface area contributed by atoms with Gasteiger partial charge in [0.1, 0.15) is 5.75 Å². The molecule has 0 bridgehead atoms. The fraction of sp³-hybridized carbons (Fsp3) is 0.212. The first kappa shape index (κ1) is 29.0. The molecular weight excluding hydrogens is 594 g/mol. The second-order valence-electron chi connectivity index (χ2n) is 10.1. The largest absolute Gasteiger partial charge is 0.495 e. The molecule has 1 heterocycles. The Bertz CT molecular complexity index is 1520. The van der Waals surface area contributed by atoms with Crippen molar-refractivity contribution in [3.63, 3.8) is 0 Å². The zero-order chi connectivity index (χ0) is 29.5. The fourth-order valence-electron chi connectivity index (χ4n) is 5.08. The Labute approximate surface area is 254 Å². The molecule has 9 heteroatoms. The summed E-state index contributed by atoms with van der Waals surface area (Å²) in [6, 6.07) is 30.1. The van der Waals surface area contributed by atoms with E-state index in [0.29, 0.717) is 16.9 Å². The van der Waals surface area contributed by atoms with Crippen LogP contribution in [0.15, 0.2) is 102 Å². The molecule has 1 atom stereocenters. The summed E-state index contributed by atoms with van der Waals surface area (Å²) in [7, 11) is 1.69. The summed E-state index contributed by atoms with van der Waals surface area (Å²) >= 11 is 3.40. The molecular formula is C33H34BrN5O3. The number of urea groups is 1. The topological polar surface area (TPSA) is 85.9 Å². The zero-order valence-electron chi connectivity index (χ0n) is 23.6. The number of carbonyl (C=O) groups excluding carboxylic acids is 2. The van der Waals surface area contributed by atoms with Crippen LogP contribution >= 0.6 is 15.9 Å². The maximum atomic E-state index is 13.7. The van der Waals surface area contributed by atoms with Crippen LogP contribution in [0, 0.1) is 0 Å². The first-order chi connectivity index (χ1) is 20.4. The first-order valence-electron chi connectivity index (χ1n) is 13.9. The number of hydrogen-bond donors (Lipinski definition) is 3. The summed E-state index contributed by atoms with van der Waals surface area (Å²) in [6.45, 7) is 4.97. The summed E-state index contributed by atoms with van der Waals surface area (Å²) in [5, 5.41) is 8.85. The van der Waals surface area contributed by atoms with Crippen LogP contribution in [0.2, 0.25) is 0 Å². The van der Waals surface area contributed by atoms with Gasteiger partial charge in [-0.2, -0.15) is 0 Å². The lowest BCUT2D eigenvalue weighted by Gasteiger charge is -2.38. The van der Waals surface area contributed by atoms with Crippen molar-refractivity contribution in [3.8, 4) is 5.75 Å². The molecule has 0 aromatic heterocycles. The number of nitrogens with zero attached hydrogens (tertiary/aromatic N) is 2. The molecule has 0 aliphatic carbocycles. The number of nitrogens with one attached hydrogen (secondary N) is 3. The van der Waals surface area contributed by atoms with E-state index < -0.39 is 0 Å². The normalized spacial score (nSPS) is 13.7. The van der Waals surface area contributed by atoms with Gasteiger partial charge in [0.25, 0.3) is 5.91 Å². The lowest BCUT2D eigenvalue weighted by atomic mass is 10.1. The van der Waals surface area contributed by atoms with E-state index in [1.54, 1.807) is 25.3 Å². The van der Waals surface area contributed by atoms with Gasteiger partial charge in [-0.3, -0.25) is 4.79 Å². The second-order valence-corrected chi connectivity index (χ2v) is 11.0. The summed E-state index contributed by atoms with van der Waals surface area (Å²) < 4.78 is 6.50. The van der Waals surface area contributed by atoms with E-state index in [-0.39, 0.29) is 18.0 Å². The van der Waals surface area contributed by atoms with Gasteiger partial charge >= 0.3 is 6.03 Å². The molecule has 4 aromatic carbocycles. The minimum atomic E-state index is -0.389. The predicted molar refractivity (Wildman–Crippen MR) is 173 cm³/mol. The van der Waals surface area contributed by atoms with Gasteiger partial charge in [0, 0.05) is 47.7 Å². The summed E-state index contributed by atoms with van der Waals surface area (Å²) in [6.07, 6.45) is 0. The Kier molecular flexibility index (Phi) is 9.28. The second kappa shape index (κ2) is 13.4. The van der Waals surface area contributed by atoms with Crippen molar-refractivity contribution in [2.45, 2.75) is 13.0 Å². The Balaban J connectivity index is 1.35. The zero-order valence-corrected chi connectivity index (χ0v) is 25.2. The molecule has 5 rings (SSSR count). The van der Waals surface area contributed by atoms with Gasteiger partial charge in [-0.25, -0.2) is 4.79 Å². The lowest BCUT2D eigenvalue weighted by molar-refractivity contribution is 0.0940. The van der Waals surface area contributed by atoms with Crippen LogP contribution < -0.4 is 30.5 Å². The average Bonchev–Trinajstić information content (AvgIpc) is 3.02. The number of amides is 3. The molecule has 0 spiro atoms. The van der Waals surface area contributed by atoms with E-state index in [4.69, 9.17) is 4.74 Å². The van der Waals surface area contributed by atoms with Crippen LogP contribution in [0.5, 0.6) is 5.75 Å². The molecule has 1 aliphatic heterocycles. The van der Waals surface area contributed by atoms with Gasteiger partial charge in [-0.15, -0.1) is 0 Å². The van der Waals surface area contributed by atoms with Crippen LogP contribution in [0.3, 0.4) is 0 Å². The van der Waals surface area contributed by atoms with E-state index in [1.807, 2.05) is 79.7 Å². The highest BCUT2D eigenvalue weighted by atomic mass is 79.9. The third-order valence-corrected chi connectivity index (χ3v) is 7.82. The summed E-state index contributed by atoms with van der Waals surface area (Å²) in [5.74, 6) is 0.642. The van der Waals surface area contributed by atoms with Crippen molar-refractivity contribution in [1.82, 2.24) is 5.32 Å². The van der Waals surface area contributed by atoms with Crippen molar-refractivity contribution in [1.29, 1.82) is 0 Å². The minimum absolute atomic E-state index is 0.189. The average molecular weight is 629 g/mol. The first-order valence-corrected chi connectivity index (χ1v) is 14.7. The van der Waals surface area contributed by atoms with Crippen LogP contribution in [-0.2, 0) is 0 Å². The Morgan fingerprint density at radius 3 is 2.05 bits per heavy atom. The van der Waals surface area contributed by atoms with Crippen molar-refractivity contribution in [2.24, 2.45) is 0 Å². The summed E-state index contributed by atoms with van der Waals surface area (Å²) in [5.41, 5.74) is 4.59. The van der Waals surface area contributed by atoms with Crippen LogP contribution in [-0.4, -0.2) is 45.2 Å². The molecule has 1 aliphatic rings. The smallest absolute Gasteiger partial charge is 0.323 e. The highest BCUT2D eigenvalue weighted by Crippen LogP contribution is 2.31. The number of hydrogen-bond acceptors (Lipinski definition) is 5. The molecule has 8 nitrogen and oxygen atoms in total. The number of rotatable bonds is 8. The Hall–Kier alpha value is -4.50. The van der Waals surface area contributed by atoms with Gasteiger partial charge in [-0.05, 0) is 67.1 Å². The number of para-hydroxylation sites is 2. The highest BCUT2D eigenvalue weighted by molar-refractivity contribution is 9.10. The van der Waals surface area contributed by atoms with E-state index in [2.05, 4.69) is 47.7 Å². The van der Waals surface area contributed by atoms with Crippen molar-refractivity contribution in [3.05, 3.63) is 113 Å². The highest BCUT2D eigenvalue weighted by Gasteiger charge is 2.24. The quantitative estimate of drug-likeness (QED) is 0.197. The number of benzene rings is 4. The van der Waals surface area contributed by atoms with E-state index in [1.165, 1.54) is 0 Å². The molecule has 1 unspecified atom stereocenters. The lowest BCUT2D eigenvalue weighted by Crippen LogP contribution is -2.47. The molecule has 1 fully saturated rings. The molecule has 4 aromatic rings. The fourth-order valence-corrected chi connectivity index (χ4v) is 5.34. The number of ether oxygens (including phenoxy) is 1. The Morgan fingerprint density at radius 1 is 0.762 bits per heavy atom. The third kappa shape index (κ3) is 7.03. The predicted octanol–water partition coefficient (Wildman–Crippen LogP) is 6.92. The van der Waals surface area contributed by atoms with Gasteiger partial charge in [0.2, 0.25) is 0 Å². The van der Waals surface area contributed by atoms with E-state index in [0.717, 1.165) is 53.3 Å².